The molecule has 3 rings (SSSR count). The zero-order valence-electron chi connectivity index (χ0n) is 14.5. The molecule has 0 radical (unpaired) electrons. The van der Waals surface area contributed by atoms with E-state index in [0.29, 0.717) is 25.1 Å². The van der Waals surface area contributed by atoms with Gasteiger partial charge in [-0.25, -0.2) is 8.42 Å². The van der Waals surface area contributed by atoms with E-state index in [4.69, 9.17) is 9.47 Å². The van der Waals surface area contributed by atoms with Gasteiger partial charge >= 0.3 is 5.97 Å². The van der Waals surface area contributed by atoms with Crippen molar-refractivity contribution in [2.75, 3.05) is 13.7 Å². The monoisotopic (exact) mass is 375 g/mol. The maximum Gasteiger partial charge on any atom is 0.324 e. The molecule has 1 saturated heterocycles. The summed E-state index contributed by atoms with van der Waals surface area (Å²) < 4.78 is 37.4. The van der Waals surface area contributed by atoms with Crippen molar-refractivity contribution in [1.29, 1.82) is 0 Å². The van der Waals surface area contributed by atoms with E-state index in [1.807, 2.05) is 30.3 Å². The SMILES string of the molecule is COc1ccc(S(=O)(=O)N2CCC[C@H]2C(=O)OCc2ccccc2)cc1. The number of rotatable bonds is 6. The van der Waals surface area contributed by atoms with Crippen LogP contribution in [0, 0.1) is 0 Å². The lowest BCUT2D eigenvalue weighted by atomic mass is 10.2. The minimum absolute atomic E-state index is 0.132. The highest BCUT2D eigenvalue weighted by molar-refractivity contribution is 7.89. The Morgan fingerprint density at radius 1 is 1.12 bits per heavy atom. The first-order valence-corrected chi connectivity index (χ1v) is 9.83. The predicted octanol–water partition coefficient (Wildman–Crippen LogP) is 2.59. The van der Waals surface area contributed by atoms with Crippen LogP contribution in [-0.4, -0.2) is 38.4 Å². The van der Waals surface area contributed by atoms with Crippen LogP contribution in [0.15, 0.2) is 59.5 Å². The second-order valence-corrected chi connectivity index (χ2v) is 7.93. The van der Waals surface area contributed by atoms with Gasteiger partial charge in [-0.05, 0) is 42.7 Å². The molecule has 0 amide bonds. The van der Waals surface area contributed by atoms with Gasteiger partial charge in [0.2, 0.25) is 10.0 Å². The second-order valence-electron chi connectivity index (χ2n) is 6.04. The van der Waals surface area contributed by atoms with Crippen LogP contribution in [0.5, 0.6) is 5.75 Å². The standard InChI is InChI=1S/C19H21NO5S/c1-24-16-9-11-17(12-10-16)26(22,23)20-13-5-8-18(20)19(21)25-14-15-6-3-2-4-7-15/h2-4,6-7,9-12,18H,5,8,13-14H2,1H3/t18-/m0/s1. The molecular weight excluding hydrogens is 354 g/mol. The maximum absolute atomic E-state index is 12.9. The Labute approximate surface area is 153 Å². The molecule has 2 aromatic carbocycles. The number of sulfonamides is 1. The summed E-state index contributed by atoms with van der Waals surface area (Å²) in [5.74, 6) is 0.0626. The third kappa shape index (κ3) is 3.89. The van der Waals surface area contributed by atoms with E-state index in [1.165, 1.54) is 23.5 Å². The van der Waals surface area contributed by atoms with Crippen molar-refractivity contribution < 1.29 is 22.7 Å². The molecule has 0 unspecified atom stereocenters. The van der Waals surface area contributed by atoms with Gasteiger partial charge in [-0.3, -0.25) is 4.79 Å². The lowest BCUT2D eigenvalue weighted by molar-refractivity contribution is -0.148. The summed E-state index contributed by atoms with van der Waals surface area (Å²) in [5, 5.41) is 0. The summed E-state index contributed by atoms with van der Waals surface area (Å²) in [5.41, 5.74) is 0.864. The fourth-order valence-electron chi connectivity index (χ4n) is 2.97. The van der Waals surface area contributed by atoms with Crippen molar-refractivity contribution >= 4 is 16.0 Å². The Bertz CT molecular complexity index is 849. The molecule has 1 aliphatic rings. The first-order chi connectivity index (χ1) is 12.5. The Kier molecular flexibility index (Phi) is 5.58. The third-order valence-electron chi connectivity index (χ3n) is 4.37. The van der Waals surface area contributed by atoms with Gasteiger partial charge in [0.25, 0.3) is 0 Å². The second kappa shape index (κ2) is 7.88. The van der Waals surface area contributed by atoms with Crippen molar-refractivity contribution in [3.8, 4) is 5.75 Å². The molecule has 0 N–H and O–H groups in total. The van der Waals surface area contributed by atoms with Crippen LogP contribution >= 0.6 is 0 Å². The van der Waals surface area contributed by atoms with Crippen LogP contribution < -0.4 is 4.74 Å². The van der Waals surface area contributed by atoms with E-state index in [-0.39, 0.29) is 11.5 Å². The molecule has 0 bridgehead atoms. The van der Waals surface area contributed by atoms with Gasteiger partial charge in [-0.1, -0.05) is 30.3 Å². The third-order valence-corrected chi connectivity index (χ3v) is 6.29. The molecule has 138 valence electrons. The highest BCUT2D eigenvalue weighted by Gasteiger charge is 2.40. The quantitative estimate of drug-likeness (QED) is 0.726. The minimum Gasteiger partial charge on any atom is -0.497 e. The molecule has 0 aromatic heterocycles. The summed E-state index contributed by atoms with van der Waals surface area (Å²) in [6, 6.07) is 14.7. The van der Waals surface area contributed by atoms with Crippen LogP contribution in [0.4, 0.5) is 0 Å². The van der Waals surface area contributed by atoms with Crippen LogP contribution in [0.25, 0.3) is 0 Å². The average Bonchev–Trinajstić information content (AvgIpc) is 3.18. The fraction of sp³-hybridized carbons (Fsp3) is 0.316. The van der Waals surface area contributed by atoms with Crippen molar-refractivity contribution in [2.24, 2.45) is 0 Å². The number of nitrogens with zero attached hydrogens (tertiary/aromatic N) is 1. The first kappa shape index (κ1) is 18.4. The van der Waals surface area contributed by atoms with Gasteiger partial charge < -0.3 is 9.47 Å². The topological polar surface area (TPSA) is 72.9 Å². The molecule has 0 saturated carbocycles. The molecule has 1 aliphatic heterocycles. The minimum atomic E-state index is -3.76. The normalized spacial score (nSPS) is 17.8. The summed E-state index contributed by atoms with van der Waals surface area (Å²) in [6.07, 6.45) is 1.09. The average molecular weight is 375 g/mol. The number of benzene rings is 2. The lowest BCUT2D eigenvalue weighted by Gasteiger charge is -2.23. The van der Waals surface area contributed by atoms with Gasteiger partial charge in [-0.15, -0.1) is 0 Å². The van der Waals surface area contributed by atoms with Gasteiger partial charge in [0.15, 0.2) is 0 Å². The molecule has 1 atom stereocenters. The van der Waals surface area contributed by atoms with Crippen LogP contribution in [0.3, 0.4) is 0 Å². The van der Waals surface area contributed by atoms with Gasteiger partial charge in [-0.2, -0.15) is 4.31 Å². The summed E-state index contributed by atoms with van der Waals surface area (Å²) >= 11 is 0. The van der Waals surface area contributed by atoms with E-state index >= 15 is 0 Å². The number of esters is 1. The van der Waals surface area contributed by atoms with E-state index in [9.17, 15) is 13.2 Å². The fourth-order valence-corrected chi connectivity index (χ4v) is 4.62. The largest absolute Gasteiger partial charge is 0.497 e. The number of carbonyl (C=O) groups is 1. The number of hydrogen-bond donors (Lipinski definition) is 0. The van der Waals surface area contributed by atoms with Crippen molar-refractivity contribution in [2.45, 2.75) is 30.4 Å². The molecule has 1 heterocycles. The summed E-state index contributed by atoms with van der Waals surface area (Å²) in [4.78, 5) is 12.6. The molecule has 26 heavy (non-hydrogen) atoms. The first-order valence-electron chi connectivity index (χ1n) is 8.39. The summed E-state index contributed by atoms with van der Waals surface area (Å²) in [7, 11) is -2.25. The van der Waals surface area contributed by atoms with E-state index in [0.717, 1.165) is 5.56 Å². The zero-order chi connectivity index (χ0) is 18.6. The Balaban J connectivity index is 1.72. The Hall–Kier alpha value is -2.38. The number of hydrogen-bond acceptors (Lipinski definition) is 5. The smallest absolute Gasteiger partial charge is 0.324 e. The van der Waals surface area contributed by atoms with E-state index < -0.39 is 22.0 Å². The maximum atomic E-state index is 12.9. The van der Waals surface area contributed by atoms with Gasteiger partial charge in [0.05, 0.1) is 12.0 Å². The highest BCUT2D eigenvalue weighted by atomic mass is 32.2. The summed E-state index contributed by atoms with van der Waals surface area (Å²) in [6.45, 7) is 0.437. The van der Waals surface area contributed by atoms with Crippen molar-refractivity contribution in [1.82, 2.24) is 4.31 Å². The van der Waals surface area contributed by atoms with Crippen molar-refractivity contribution in [3.63, 3.8) is 0 Å². The number of carbonyl (C=O) groups excluding carboxylic acids is 1. The predicted molar refractivity (Wildman–Crippen MR) is 96.1 cm³/mol. The van der Waals surface area contributed by atoms with Crippen LogP contribution in [0.2, 0.25) is 0 Å². The van der Waals surface area contributed by atoms with Crippen molar-refractivity contribution in [3.05, 3.63) is 60.2 Å². The number of methoxy groups -OCH3 is 1. The zero-order valence-corrected chi connectivity index (χ0v) is 15.3. The van der Waals surface area contributed by atoms with Crippen LogP contribution in [0.1, 0.15) is 18.4 Å². The molecule has 6 nitrogen and oxygen atoms in total. The number of ether oxygens (including phenoxy) is 2. The van der Waals surface area contributed by atoms with E-state index in [1.54, 1.807) is 12.1 Å². The lowest BCUT2D eigenvalue weighted by Crippen LogP contribution is -2.41. The van der Waals surface area contributed by atoms with Gasteiger partial charge in [0.1, 0.15) is 18.4 Å². The molecule has 1 fully saturated rings. The Morgan fingerprint density at radius 3 is 2.46 bits per heavy atom. The van der Waals surface area contributed by atoms with E-state index in [2.05, 4.69) is 0 Å². The highest BCUT2D eigenvalue weighted by Crippen LogP contribution is 2.28. The van der Waals surface area contributed by atoms with Gasteiger partial charge in [0, 0.05) is 6.54 Å². The Morgan fingerprint density at radius 2 is 1.81 bits per heavy atom. The van der Waals surface area contributed by atoms with Crippen LogP contribution in [-0.2, 0) is 26.2 Å². The molecule has 2 aromatic rings. The molecule has 0 spiro atoms. The molecule has 0 aliphatic carbocycles. The molecule has 7 heteroatoms. The molecular formula is C19H21NO5S.